The van der Waals surface area contributed by atoms with Crippen LogP contribution in [0.3, 0.4) is 0 Å². The summed E-state index contributed by atoms with van der Waals surface area (Å²) in [5, 5.41) is -0.0997. The molecule has 7 heteroatoms. The zero-order valence-corrected chi connectivity index (χ0v) is 14.3. The molecule has 0 saturated carbocycles. The van der Waals surface area contributed by atoms with Crippen LogP contribution in [0.2, 0.25) is 5.02 Å². The van der Waals surface area contributed by atoms with Crippen molar-refractivity contribution in [1.82, 2.24) is 9.62 Å². The van der Waals surface area contributed by atoms with Crippen molar-refractivity contribution in [3.8, 4) is 0 Å². The van der Waals surface area contributed by atoms with Crippen molar-refractivity contribution in [1.29, 1.82) is 0 Å². The van der Waals surface area contributed by atoms with E-state index < -0.39 is 15.8 Å². The summed E-state index contributed by atoms with van der Waals surface area (Å²) in [7, 11) is -3.69. The quantitative estimate of drug-likeness (QED) is 0.804. The molecule has 0 spiro atoms. The standard InChI is InChI=1S/C15H22ClFN2O2S/c1-12-4-2-8-19(11-12)9-3-7-18-22(20,21)15-6-5-13(17)10-14(15)16/h5-6,10,12,18H,2-4,7-9,11H2,1H3/t12-/m0/s1. The second-order valence-corrected chi connectivity index (χ2v) is 8.02. The summed E-state index contributed by atoms with van der Waals surface area (Å²) < 4.78 is 39.8. The second kappa shape index (κ2) is 7.73. The molecule has 0 unspecified atom stereocenters. The molecule has 0 bridgehead atoms. The number of benzene rings is 1. The summed E-state index contributed by atoms with van der Waals surface area (Å²) in [6.45, 7) is 5.63. The molecule has 1 aromatic rings. The number of piperidine rings is 1. The van der Waals surface area contributed by atoms with Crippen LogP contribution in [0.1, 0.15) is 26.2 Å². The van der Waals surface area contributed by atoms with Gasteiger partial charge in [-0.2, -0.15) is 0 Å². The highest BCUT2D eigenvalue weighted by Gasteiger charge is 2.19. The molecule has 4 nitrogen and oxygen atoms in total. The third-order valence-corrected chi connectivity index (χ3v) is 5.81. The highest BCUT2D eigenvalue weighted by atomic mass is 35.5. The maximum Gasteiger partial charge on any atom is 0.242 e. The van der Waals surface area contributed by atoms with E-state index in [1.54, 1.807) is 0 Å². The fourth-order valence-corrected chi connectivity index (χ4v) is 4.37. The summed E-state index contributed by atoms with van der Waals surface area (Å²) in [5.41, 5.74) is 0. The van der Waals surface area contributed by atoms with Crippen molar-refractivity contribution in [2.45, 2.75) is 31.1 Å². The molecule has 1 atom stereocenters. The Hall–Kier alpha value is -0.690. The predicted octanol–water partition coefficient (Wildman–Crippen LogP) is 2.88. The first-order valence-corrected chi connectivity index (χ1v) is 9.41. The first kappa shape index (κ1) is 17.7. The normalized spacial score (nSPS) is 20.2. The molecule has 0 aliphatic carbocycles. The Balaban J connectivity index is 1.82. The first-order valence-electron chi connectivity index (χ1n) is 7.55. The fraction of sp³-hybridized carbons (Fsp3) is 0.600. The van der Waals surface area contributed by atoms with E-state index in [0.717, 1.165) is 38.2 Å². The zero-order chi connectivity index (χ0) is 16.2. The molecule has 0 radical (unpaired) electrons. The number of halogens is 2. The molecule has 2 rings (SSSR count). The molecule has 124 valence electrons. The summed E-state index contributed by atoms with van der Waals surface area (Å²) in [6, 6.07) is 3.28. The smallest absolute Gasteiger partial charge is 0.242 e. The average molecular weight is 349 g/mol. The van der Waals surface area contributed by atoms with Gasteiger partial charge in [-0.1, -0.05) is 18.5 Å². The van der Waals surface area contributed by atoms with Gasteiger partial charge in [0.15, 0.2) is 0 Å². The van der Waals surface area contributed by atoms with Crippen LogP contribution in [0.5, 0.6) is 0 Å². The second-order valence-electron chi connectivity index (χ2n) is 5.87. The average Bonchev–Trinajstić information content (AvgIpc) is 2.43. The summed E-state index contributed by atoms with van der Waals surface area (Å²) in [4.78, 5) is 2.29. The lowest BCUT2D eigenvalue weighted by Crippen LogP contribution is -2.36. The number of hydrogen-bond donors (Lipinski definition) is 1. The summed E-state index contributed by atoms with van der Waals surface area (Å²) in [5.74, 6) is 0.159. The SMILES string of the molecule is C[C@H]1CCCN(CCCNS(=O)(=O)c2ccc(F)cc2Cl)C1. The number of hydrogen-bond acceptors (Lipinski definition) is 3. The first-order chi connectivity index (χ1) is 10.4. The van der Waals surface area contributed by atoms with E-state index in [4.69, 9.17) is 11.6 Å². The van der Waals surface area contributed by atoms with E-state index in [1.807, 2.05) is 0 Å². The monoisotopic (exact) mass is 348 g/mol. The molecule has 0 amide bonds. The summed E-state index contributed by atoms with van der Waals surface area (Å²) >= 11 is 5.80. The maximum absolute atomic E-state index is 13.0. The van der Waals surface area contributed by atoms with E-state index in [1.165, 1.54) is 18.9 Å². The van der Waals surface area contributed by atoms with E-state index >= 15 is 0 Å². The zero-order valence-electron chi connectivity index (χ0n) is 12.7. The Morgan fingerprint density at radius 1 is 1.45 bits per heavy atom. The highest BCUT2D eigenvalue weighted by Crippen LogP contribution is 2.22. The Morgan fingerprint density at radius 3 is 2.91 bits per heavy atom. The summed E-state index contributed by atoms with van der Waals surface area (Å²) in [6.07, 6.45) is 3.22. The maximum atomic E-state index is 13.0. The number of nitrogens with zero attached hydrogens (tertiary/aromatic N) is 1. The van der Waals surface area contributed by atoms with Crippen molar-refractivity contribution in [3.05, 3.63) is 29.0 Å². The molecule has 1 fully saturated rings. The lowest BCUT2D eigenvalue weighted by atomic mass is 10.0. The molecule has 1 aromatic carbocycles. The Labute approximate surface area is 136 Å². The number of likely N-dealkylation sites (tertiary alicyclic amines) is 1. The third-order valence-electron chi connectivity index (χ3n) is 3.87. The highest BCUT2D eigenvalue weighted by molar-refractivity contribution is 7.89. The van der Waals surface area contributed by atoms with Crippen molar-refractivity contribution in [2.24, 2.45) is 5.92 Å². The van der Waals surface area contributed by atoms with E-state index in [9.17, 15) is 12.8 Å². The minimum absolute atomic E-state index is 0.0813. The molecule has 1 aliphatic rings. The van der Waals surface area contributed by atoms with Gasteiger partial charge in [-0.05, 0) is 56.5 Å². The minimum Gasteiger partial charge on any atom is -0.303 e. The van der Waals surface area contributed by atoms with E-state index in [-0.39, 0.29) is 9.92 Å². The topological polar surface area (TPSA) is 49.4 Å². The van der Waals surface area contributed by atoms with Gasteiger partial charge in [0.05, 0.1) is 5.02 Å². The van der Waals surface area contributed by atoms with Gasteiger partial charge in [0.25, 0.3) is 0 Å². The lowest BCUT2D eigenvalue weighted by Gasteiger charge is -2.30. The largest absolute Gasteiger partial charge is 0.303 e. The van der Waals surface area contributed by atoms with Crippen LogP contribution in [0.4, 0.5) is 4.39 Å². The van der Waals surface area contributed by atoms with Crippen LogP contribution < -0.4 is 4.72 Å². The van der Waals surface area contributed by atoms with Gasteiger partial charge in [-0.15, -0.1) is 0 Å². The Kier molecular flexibility index (Phi) is 6.20. The Morgan fingerprint density at radius 2 is 2.23 bits per heavy atom. The van der Waals surface area contributed by atoms with Crippen molar-refractivity contribution >= 4 is 21.6 Å². The molecular weight excluding hydrogens is 327 g/mol. The van der Waals surface area contributed by atoms with Crippen LogP contribution in [-0.2, 0) is 10.0 Å². The van der Waals surface area contributed by atoms with Gasteiger partial charge >= 0.3 is 0 Å². The van der Waals surface area contributed by atoms with Gasteiger partial charge in [-0.25, -0.2) is 17.5 Å². The van der Waals surface area contributed by atoms with Gasteiger partial charge in [-0.3, -0.25) is 0 Å². The van der Waals surface area contributed by atoms with Crippen LogP contribution in [0.15, 0.2) is 23.1 Å². The lowest BCUT2D eigenvalue weighted by molar-refractivity contribution is 0.182. The molecule has 1 N–H and O–H groups in total. The van der Waals surface area contributed by atoms with Crippen LogP contribution >= 0.6 is 11.6 Å². The van der Waals surface area contributed by atoms with Crippen LogP contribution in [0, 0.1) is 11.7 Å². The molecule has 22 heavy (non-hydrogen) atoms. The van der Waals surface area contributed by atoms with Crippen LogP contribution in [0.25, 0.3) is 0 Å². The number of rotatable bonds is 6. The number of sulfonamides is 1. The minimum atomic E-state index is -3.69. The van der Waals surface area contributed by atoms with Crippen LogP contribution in [-0.4, -0.2) is 39.5 Å². The molecule has 1 aliphatic heterocycles. The van der Waals surface area contributed by atoms with Crippen molar-refractivity contribution in [3.63, 3.8) is 0 Å². The molecule has 1 saturated heterocycles. The van der Waals surface area contributed by atoms with Gasteiger partial charge in [0.1, 0.15) is 10.7 Å². The van der Waals surface area contributed by atoms with Crippen molar-refractivity contribution in [2.75, 3.05) is 26.2 Å². The Bertz CT molecular complexity index is 610. The molecule has 0 aromatic heterocycles. The molecular formula is C15H22ClFN2O2S. The van der Waals surface area contributed by atoms with Gasteiger partial charge in [0, 0.05) is 13.1 Å². The predicted molar refractivity (Wildman–Crippen MR) is 86.1 cm³/mol. The fourth-order valence-electron chi connectivity index (χ4n) is 2.77. The van der Waals surface area contributed by atoms with Gasteiger partial charge < -0.3 is 4.90 Å². The van der Waals surface area contributed by atoms with Gasteiger partial charge in [0.2, 0.25) is 10.0 Å². The van der Waals surface area contributed by atoms with E-state index in [2.05, 4.69) is 16.5 Å². The van der Waals surface area contributed by atoms with E-state index in [0.29, 0.717) is 12.5 Å². The molecule has 1 heterocycles. The van der Waals surface area contributed by atoms with Crippen molar-refractivity contribution < 1.29 is 12.8 Å². The third kappa shape index (κ3) is 4.91. The number of nitrogens with one attached hydrogen (secondary N) is 1.